The Kier molecular flexibility index (Phi) is 10.4. The first-order valence-electron chi connectivity index (χ1n) is 11.8. The van der Waals surface area contributed by atoms with Crippen LogP contribution < -0.4 is 0 Å². The van der Waals surface area contributed by atoms with E-state index in [1.165, 1.54) is 6.08 Å². The molecular formula is C26H36O9. The zero-order chi connectivity index (χ0) is 26.3. The number of rotatable bonds is 8. The summed E-state index contributed by atoms with van der Waals surface area (Å²) in [6.07, 6.45) is 2.30. The molecule has 1 aliphatic heterocycles. The van der Waals surface area contributed by atoms with Crippen molar-refractivity contribution in [3.8, 4) is 0 Å². The van der Waals surface area contributed by atoms with E-state index in [0.717, 1.165) is 5.57 Å². The first kappa shape index (κ1) is 28.5. The molecule has 0 bridgehead atoms. The Morgan fingerprint density at radius 1 is 1.34 bits per heavy atom. The van der Waals surface area contributed by atoms with Crippen molar-refractivity contribution in [3.63, 3.8) is 0 Å². The summed E-state index contributed by atoms with van der Waals surface area (Å²) in [4.78, 5) is 37.1. The molecule has 35 heavy (non-hydrogen) atoms. The van der Waals surface area contributed by atoms with E-state index in [4.69, 9.17) is 14.2 Å². The van der Waals surface area contributed by atoms with Crippen LogP contribution >= 0.6 is 0 Å². The van der Waals surface area contributed by atoms with Crippen LogP contribution in [-0.2, 0) is 28.6 Å². The van der Waals surface area contributed by atoms with Crippen LogP contribution in [0.25, 0.3) is 0 Å². The van der Waals surface area contributed by atoms with Crippen molar-refractivity contribution < 1.29 is 43.9 Å². The summed E-state index contributed by atoms with van der Waals surface area (Å²) >= 11 is 0. The molecule has 0 spiro atoms. The summed E-state index contributed by atoms with van der Waals surface area (Å²) in [6, 6.07) is 0. The third-order valence-corrected chi connectivity index (χ3v) is 6.50. The lowest BCUT2D eigenvalue weighted by molar-refractivity contribution is -0.155. The normalized spacial score (nSPS) is 30.1. The minimum atomic E-state index is -1.28. The Hall–Kier alpha value is -2.75. The highest BCUT2D eigenvalue weighted by Gasteiger charge is 2.44. The van der Waals surface area contributed by atoms with E-state index in [0.29, 0.717) is 18.4 Å². The van der Waals surface area contributed by atoms with Gasteiger partial charge in [0, 0.05) is 12.0 Å². The highest BCUT2D eigenvalue weighted by Crippen LogP contribution is 2.36. The van der Waals surface area contributed by atoms with Gasteiger partial charge in [0.05, 0.1) is 24.2 Å². The summed E-state index contributed by atoms with van der Waals surface area (Å²) in [5, 5.41) is 30.0. The van der Waals surface area contributed by atoms with Gasteiger partial charge in [-0.2, -0.15) is 0 Å². The third-order valence-electron chi connectivity index (χ3n) is 6.50. The summed E-state index contributed by atoms with van der Waals surface area (Å²) in [5.74, 6) is -3.23. The lowest BCUT2D eigenvalue weighted by atomic mass is 9.85. The predicted octanol–water partition coefficient (Wildman–Crippen LogP) is 1.91. The molecule has 0 aromatic carbocycles. The smallest absolute Gasteiger partial charge is 0.336 e. The average Bonchev–Trinajstić information content (AvgIpc) is 3.10. The van der Waals surface area contributed by atoms with E-state index in [-0.39, 0.29) is 30.1 Å². The highest BCUT2D eigenvalue weighted by molar-refractivity contribution is 5.92. The Labute approximate surface area is 205 Å². The van der Waals surface area contributed by atoms with Crippen molar-refractivity contribution in [2.24, 2.45) is 11.8 Å². The molecule has 194 valence electrons. The minimum Gasteiger partial charge on any atom is -0.460 e. The van der Waals surface area contributed by atoms with Gasteiger partial charge in [0.15, 0.2) is 6.10 Å². The van der Waals surface area contributed by atoms with Crippen LogP contribution in [0.1, 0.15) is 47.0 Å². The lowest BCUT2D eigenvalue weighted by Gasteiger charge is -2.28. The molecule has 6 atom stereocenters. The van der Waals surface area contributed by atoms with Gasteiger partial charge in [-0.05, 0) is 43.9 Å². The molecule has 2 rings (SSSR count). The van der Waals surface area contributed by atoms with Crippen LogP contribution in [0, 0.1) is 11.8 Å². The second-order valence-corrected chi connectivity index (χ2v) is 9.13. The monoisotopic (exact) mass is 492 g/mol. The number of ether oxygens (including phenoxy) is 3. The summed E-state index contributed by atoms with van der Waals surface area (Å²) in [7, 11) is 0. The average molecular weight is 493 g/mol. The van der Waals surface area contributed by atoms with Gasteiger partial charge >= 0.3 is 17.9 Å². The summed E-state index contributed by atoms with van der Waals surface area (Å²) < 4.78 is 16.1. The van der Waals surface area contributed by atoms with Crippen LogP contribution in [0.3, 0.4) is 0 Å². The molecule has 9 nitrogen and oxygen atoms in total. The van der Waals surface area contributed by atoms with Crippen LogP contribution in [0.2, 0.25) is 0 Å². The maximum Gasteiger partial charge on any atom is 0.336 e. The predicted molar refractivity (Wildman–Crippen MR) is 127 cm³/mol. The maximum absolute atomic E-state index is 12.9. The van der Waals surface area contributed by atoms with Gasteiger partial charge in [-0.1, -0.05) is 38.5 Å². The minimum absolute atomic E-state index is 0.135. The molecule has 1 aliphatic carbocycles. The van der Waals surface area contributed by atoms with Gasteiger partial charge in [0.2, 0.25) is 0 Å². The zero-order valence-corrected chi connectivity index (χ0v) is 20.7. The topological polar surface area (TPSA) is 140 Å². The molecule has 1 heterocycles. The number of esters is 3. The fourth-order valence-corrected chi connectivity index (χ4v) is 3.88. The Morgan fingerprint density at radius 3 is 2.66 bits per heavy atom. The number of hydrogen-bond acceptors (Lipinski definition) is 9. The molecule has 0 saturated carbocycles. The molecule has 0 amide bonds. The van der Waals surface area contributed by atoms with Crippen molar-refractivity contribution in [2.45, 2.75) is 71.4 Å². The number of carbonyl (C=O) groups excluding carboxylic acids is 3. The van der Waals surface area contributed by atoms with Crippen molar-refractivity contribution in [1.29, 1.82) is 0 Å². The molecule has 1 saturated heterocycles. The van der Waals surface area contributed by atoms with Crippen molar-refractivity contribution in [1.82, 2.24) is 0 Å². The molecule has 3 N–H and O–H groups in total. The van der Waals surface area contributed by atoms with Gasteiger partial charge in [-0.25, -0.2) is 14.4 Å². The number of carbonyl (C=O) groups is 3. The van der Waals surface area contributed by atoms with Gasteiger partial charge < -0.3 is 29.5 Å². The van der Waals surface area contributed by atoms with E-state index in [2.05, 4.69) is 6.58 Å². The Bertz CT molecular complexity index is 914. The van der Waals surface area contributed by atoms with E-state index in [1.54, 1.807) is 19.9 Å². The van der Waals surface area contributed by atoms with Crippen LogP contribution in [0.4, 0.5) is 0 Å². The second kappa shape index (κ2) is 12.8. The highest BCUT2D eigenvalue weighted by atomic mass is 16.6. The molecule has 1 fully saturated rings. The Morgan fingerprint density at radius 2 is 2.03 bits per heavy atom. The van der Waals surface area contributed by atoms with Crippen molar-refractivity contribution >= 4 is 17.9 Å². The van der Waals surface area contributed by atoms with Gasteiger partial charge in [0.1, 0.15) is 18.8 Å². The maximum atomic E-state index is 12.9. The largest absolute Gasteiger partial charge is 0.460 e. The van der Waals surface area contributed by atoms with Gasteiger partial charge in [-0.3, -0.25) is 0 Å². The summed E-state index contributed by atoms with van der Waals surface area (Å²) in [6.45, 7) is 9.93. The van der Waals surface area contributed by atoms with Crippen LogP contribution in [0.5, 0.6) is 0 Å². The van der Waals surface area contributed by atoms with Crippen molar-refractivity contribution in [3.05, 3.63) is 47.1 Å². The van der Waals surface area contributed by atoms with Crippen LogP contribution in [-0.4, -0.2) is 70.9 Å². The van der Waals surface area contributed by atoms with E-state index < -0.39 is 54.8 Å². The van der Waals surface area contributed by atoms with Crippen molar-refractivity contribution in [2.75, 3.05) is 13.2 Å². The van der Waals surface area contributed by atoms with E-state index in [9.17, 15) is 29.7 Å². The molecular weight excluding hydrogens is 456 g/mol. The molecule has 2 aliphatic rings. The SMILES string of the molecule is C=C1C(=O)O[C@@H]2/C=C(\C)[C@H](O)C/C=C(\C)C[C@@H](OC(=O)/C(=C/COC(=O)[C@H](O)[C@@H](C)CC)CO)[C@@H]12. The van der Waals surface area contributed by atoms with E-state index in [1.807, 2.05) is 19.9 Å². The second-order valence-electron chi connectivity index (χ2n) is 9.13. The van der Waals surface area contributed by atoms with Gasteiger partial charge in [-0.15, -0.1) is 0 Å². The number of fused-ring (bicyclic) bond motifs is 1. The molecule has 0 radical (unpaired) electrons. The molecule has 0 unspecified atom stereocenters. The fraction of sp³-hybridized carbons (Fsp3) is 0.577. The first-order valence-corrected chi connectivity index (χ1v) is 11.8. The first-order chi connectivity index (χ1) is 16.5. The van der Waals surface area contributed by atoms with E-state index >= 15 is 0 Å². The molecule has 9 heteroatoms. The number of aliphatic hydroxyl groups is 3. The van der Waals surface area contributed by atoms with Crippen LogP contribution in [0.15, 0.2) is 47.1 Å². The fourth-order valence-electron chi connectivity index (χ4n) is 3.88. The summed E-state index contributed by atoms with van der Waals surface area (Å²) in [5.41, 5.74) is 1.48. The lowest BCUT2D eigenvalue weighted by Crippen LogP contribution is -2.34. The molecule has 0 aromatic heterocycles. The quantitative estimate of drug-likeness (QED) is 0.201. The standard InChI is InChI=1S/C26H36O9/c1-6-15(3)23(29)26(32)33-10-9-18(13-27)25(31)35-20-11-14(2)7-8-19(28)16(4)12-21-22(20)17(5)24(30)34-21/h7,9,12,15,19-23,27-29H,5-6,8,10-11,13H2,1-4H3/b14-7+,16-12+,18-9+/t15-,19+,20+,21+,22+,23+/m0/s1. The number of aliphatic hydroxyl groups excluding tert-OH is 3. The third kappa shape index (κ3) is 7.37. The van der Waals surface area contributed by atoms with Gasteiger partial charge in [0.25, 0.3) is 0 Å². The zero-order valence-electron chi connectivity index (χ0n) is 20.7. The molecule has 0 aromatic rings. The Balaban J connectivity index is 2.21. The number of hydrogen-bond donors (Lipinski definition) is 3.